The summed E-state index contributed by atoms with van der Waals surface area (Å²) in [6.07, 6.45) is 5.72. The number of anilines is 1. The lowest BCUT2D eigenvalue weighted by molar-refractivity contribution is -0.121. The molecule has 0 radical (unpaired) electrons. The molecule has 0 atom stereocenters. The Kier molecular flexibility index (Phi) is 3.74. The van der Waals surface area contributed by atoms with Crippen LogP contribution in [0.5, 0.6) is 0 Å². The number of nitrogens with two attached hydrogens (primary N) is 1. The van der Waals surface area contributed by atoms with Crippen LogP contribution in [-0.2, 0) is 4.79 Å². The minimum absolute atomic E-state index is 0.0492. The van der Waals surface area contributed by atoms with Gasteiger partial charge in [-0.3, -0.25) is 4.79 Å². The third-order valence-electron chi connectivity index (χ3n) is 3.30. The summed E-state index contributed by atoms with van der Waals surface area (Å²) in [5.74, 6) is -0.0492. The van der Waals surface area contributed by atoms with E-state index in [0.717, 1.165) is 31.4 Å². The molecule has 0 bridgehead atoms. The van der Waals surface area contributed by atoms with Gasteiger partial charge in [-0.2, -0.15) is 0 Å². The Labute approximate surface area is 106 Å². The third-order valence-corrected chi connectivity index (χ3v) is 4.04. The van der Waals surface area contributed by atoms with Crippen molar-refractivity contribution in [1.29, 1.82) is 0 Å². The molecule has 0 aromatic heterocycles. The van der Waals surface area contributed by atoms with Crippen molar-refractivity contribution >= 4 is 23.4 Å². The number of thioether (sulfide) groups is 1. The van der Waals surface area contributed by atoms with E-state index in [1.54, 1.807) is 11.8 Å². The van der Waals surface area contributed by atoms with E-state index in [-0.39, 0.29) is 5.91 Å². The Hall–Kier alpha value is -1.00. The molecule has 1 aliphatic carbocycles. The smallest absolute Gasteiger partial charge is 0.244 e. The van der Waals surface area contributed by atoms with E-state index in [1.165, 1.54) is 4.90 Å². The highest BCUT2D eigenvalue weighted by Crippen LogP contribution is 2.28. The molecule has 0 saturated heterocycles. The first kappa shape index (κ1) is 12.5. The molecule has 3 N–H and O–H groups in total. The predicted molar refractivity (Wildman–Crippen MR) is 72.2 cm³/mol. The van der Waals surface area contributed by atoms with E-state index in [2.05, 4.69) is 5.32 Å². The molecule has 2 rings (SSSR count). The van der Waals surface area contributed by atoms with E-state index in [1.807, 2.05) is 30.5 Å². The van der Waals surface area contributed by atoms with Crippen LogP contribution in [0.2, 0.25) is 0 Å². The van der Waals surface area contributed by atoms with Gasteiger partial charge in [0.15, 0.2) is 0 Å². The summed E-state index contributed by atoms with van der Waals surface area (Å²) in [5, 5.41) is 2.90. The Bertz CT molecular complexity index is 396. The van der Waals surface area contributed by atoms with Gasteiger partial charge in [0, 0.05) is 10.6 Å². The fourth-order valence-electron chi connectivity index (χ4n) is 2.16. The summed E-state index contributed by atoms with van der Waals surface area (Å²) >= 11 is 1.68. The van der Waals surface area contributed by atoms with Gasteiger partial charge in [-0.1, -0.05) is 12.8 Å². The van der Waals surface area contributed by atoms with Crippen molar-refractivity contribution in [2.45, 2.75) is 36.1 Å². The number of nitrogens with one attached hydrogen (secondary N) is 1. The van der Waals surface area contributed by atoms with E-state index >= 15 is 0 Å². The maximum Gasteiger partial charge on any atom is 0.244 e. The minimum atomic E-state index is -0.655. The fraction of sp³-hybridized carbons (Fsp3) is 0.462. The van der Waals surface area contributed by atoms with Gasteiger partial charge >= 0.3 is 0 Å². The molecule has 0 aliphatic heterocycles. The van der Waals surface area contributed by atoms with Crippen molar-refractivity contribution in [2.75, 3.05) is 11.6 Å². The van der Waals surface area contributed by atoms with Gasteiger partial charge in [0.2, 0.25) is 5.91 Å². The monoisotopic (exact) mass is 250 g/mol. The van der Waals surface area contributed by atoms with Crippen molar-refractivity contribution in [3.05, 3.63) is 24.3 Å². The summed E-state index contributed by atoms with van der Waals surface area (Å²) < 4.78 is 0. The highest BCUT2D eigenvalue weighted by atomic mass is 32.2. The minimum Gasteiger partial charge on any atom is -0.324 e. The normalized spacial score (nSPS) is 18.0. The van der Waals surface area contributed by atoms with Gasteiger partial charge in [-0.15, -0.1) is 11.8 Å². The second kappa shape index (κ2) is 5.10. The SMILES string of the molecule is CSc1ccc(NC(=O)C2(N)CCCC2)cc1. The van der Waals surface area contributed by atoms with Gasteiger partial charge in [0.25, 0.3) is 0 Å². The van der Waals surface area contributed by atoms with Gasteiger partial charge in [0.1, 0.15) is 0 Å². The lowest BCUT2D eigenvalue weighted by Gasteiger charge is -2.22. The van der Waals surface area contributed by atoms with E-state index < -0.39 is 5.54 Å². The highest BCUT2D eigenvalue weighted by Gasteiger charge is 2.36. The number of amides is 1. The highest BCUT2D eigenvalue weighted by molar-refractivity contribution is 7.98. The van der Waals surface area contributed by atoms with E-state index in [9.17, 15) is 4.79 Å². The van der Waals surface area contributed by atoms with Crippen molar-refractivity contribution < 1.29 is 4.79 Å². The molecule has 0 spiro atoms. The fourth-order valence-corrected chi connectivity index (χ4v) is 2.57. The van der Waals surface area contributed by atoms with Gasteiger partial charge in [-0.05, 0) is 43.4 Å². The average molecular weight is 250 g/mol. The molecule has 1 saturated carbocycles. The summed E-state index contributed by atoms with van der Waals surface area (Å²) in [6.45, 7) is 0. The molecule has 4 heteroatoms. The van der Waals surface area contributed by atoms with Gasteiger partial charge in [0.05, 0.1) is 5.54 Å². The van der Waals surface area contributed by atoms with E-state index in [4.69, 9.17) is 5.73 Å². The second-order valence-corrected chi connectivity index (χ2v) is 5.43. The molecule has 1 fully saturated rings. The maximum absolute atomic E-state index is 12.0. The van der Waals surface area contributed by atoms with Crippen LogP contribution in [0.15, 0.2) is 29.2 Å². The van der Waals surface area contributed by atoms with Gasteiger partial charge < -0.3 is 11.1 Å². The summed E-state index contributed by atoms with van der Waals surface area (Å²) in [4.78, 5) is 13.2. The topological polar surface area (TPSA) is 55.1 Å². The lowest BCUT2D eigenvalue weighted by atomic mass is 9.98. The molecule has 92 valence electrons. The van der Waals surface area contributed by atoms with Crippen LogP contribution in [0.1, 0.15) is 25.7 Å². The first-order chi connectivity index (χ1) is 8.14. The summed E-state index contributed by atoms with van der Waals surface area (Å²) in [6, 6.07) is 7.83. The molecular weight excluding hydrogens is 232 g/mol. The quantitative estimate of drug-likeness (QED) is 0.811. The number of rotatable bonds is 3. The van der Waals surface area contributed by atoms with Crippen molar-refractivity contribution in [3.63, 3.8) is 0 Å². The first-order valence-corrected chi connectivity index (χ1v) is 7.11. The molecule has 1 aromatic rings. The molecule has 3 nitrogen and oxygen atoms in total. The van der Waals surface area contributed by atoms with Gasteiger partial charge in [-0.25, -0.2) is 0 Å². The van der Waals surface area contributed by atoms with Crippen LogP contribution in [0.3, 0.4) is 0 Å². The number of carbonyl (C=O) groups is 1. The Morgan fingerprint density at radius 1 is 1.29 bits per heavy atom. The molecule has 0 unspecified atom stereocenters. The standard InChI is InChI=1S/C13H18N2OS/c1-17-11-6-4-10(5-7-11)15-12(16)13(14)8-2-3-9-13/h4-7H,2-3,8-9,14H2,1H3,(H,15,16). The molecular formula is C13H18N2OS. The number of hydrogen-bond acceptors (Lipinski definition) is 3. The third kappa shape index (κ3) is 2.82. The molecule has 17 heavy (non-hydrogen) atoms. The number of benzene rings is 1. The molecule has 1 aromatic carbocycles. The summed E-state index contributed by atoms with van der Waals surface area (Å²) in [7, 11) is 0. The summed E-state index contributed by atoms with van der Waals surface area (Å²) in [5.41, 5.74) is 6.26. The predicted octanol–water partition coefficient (Wildman–Crippen LogP) is 2.62. The van der Waals surface area contributed by atoms with Crippen LogP contribution in [-0.4, -0.2) is 17.7 Å². The lowest BCUT2D eigenvalue weighted by Crippen LogP contribution is -2.48. The Balaban J connectivity index is 2.02. The van der Waals surface area contributed by atoms with Crippen LogP contribution >= 0.6 is 11.8 Å². The van der Waals surface area contributed by atoms with Crippen LogP contribution in [0.4, 0.5) is 5.69 Å². The van der Waals surface area contributed by atoms with Crippen molar-refractivity contribution in [3.8, 4) is 0 Å². The van der Waals surface area contributed by atoms with E-state index in [0.29, 0.717) is 0 Å². The second-order valence-electron chi connectivity index (χ2n) is 4.55. The zero-order chi connectivity index (χ0) is 12.3. The molecule has 0 heterocycles. The van der Waals surface area contributed by atoms with Crippen LogP contribution < -0.4 is 11.1 Å². The average Bonchev–Trinajstić information content (AvgIpc) is 2.78. The largest absolute Gasteiger partial charge is 0.324 e. The zero-order valence-electron chi connectivity index (χ0n) is 10.0. The number of carbonyl (C=O) groups excluding carboxylic acids is 1. The van der Waals surface area contributed by atoms with Crippen LogP contribution in [0.25, 0.3) is 0 Å². The Morgan fingerprint density at radius 3 is 2.41 bits per heavy atom. The van der Waals surface area contributed by atoms with Crippen molar-refractivity contribution in [2.24, 2.45) is 5.73 Å². The first-order valence-electron chi connectivity index (χ1n) is 5.88. The zero-order valence-corrected chi connectivity index (χ0v) is 10.8. The molecule has 1 aliphatic rings. The molecule has 1 amide bonds. The van der Waals surface area contributed by atoms with Crippen molar-refractivity contribution in [1.82, 2.24) is 0 Å². The van der Waals surface area contributed by atoms with Crippen LogP contribution in [0, 0.1) is 0 Å². The maximum atomic E-state index is 12.0. The number of hydrogen-bond donors (Lipinski definition) is 2. The Morgan fingerprint density at radius 2 is 1.88 bits per heavy atom.